The van der Waals surface area contributed by atoms with E-state index in [4.69, 9.17) is 4.74 Å². The molecule has 2 aliphatic rings. The molecule has 0 saturated carbocycles. The Balaban J connectivity index is 1.48. The summed E-state index contributed by atoms with van der Waals surface area (Å²) in [7, 11) is 1.88. The highest BCUT2D eigenvalue weighted by Crippen LogP contribution is 2.25. The van der Waals surface area contributed by atoms with Gasteiger partial charge in [0.25, 0.3) is 5.91 Å². The minimum Gasteiger partial charge on any atom is -0.375 e. The first-order chi connectivity index (χ1) is 12.2. The van der Waals surface area contributed by atoms with Gasteiger partial charge in [-0.05, 0) is 24.1 Å². The zero-order chi connectivity index (χ0) is 17.2. The average molecular weight is 341 g/mol. The summed E-state index contributed by atoms with van der Waals surface area (Å²) in [6.07, 6.45) is 8.16. The third-order valence-electron chi connectivity index (χ3n) is 5.05. The number of imidazole rings is 1. The number of pyridine rings is 1. The number of hydrogen-bond acceptors (Lipinski definition) is 5. The maximum atomic E-state index is 12.7. The summed E-state index contributed by atoms with van der Waals surface area (Å²) >= 11 is 0. The van der Waals surface area contributed by atoms with E-state index in [-0.39, 0.29) is 18.1 Å². The second-order valence-electron chi connectivity index (χ2n) is 6.77. The van der Waals surface area contributed by atoms with Crippen LogP contribution in [0.1, 0.15) is 22.5 Å². The van der Waals surface area contributed by atoms with E-state index in [1.807, 2.05) is 36.5 Å². The van der Waals surface area contributed by atoms with Crippen molar-refractivity contribution in [3.05, 3.63) is 48.3 Å². The summed E-state index contributed by atoms with van der Waals surface area (Å²) in [5.74, 6) is 0.00786. The molecule has 2 aromatic heterocycles. The molecule has 2 saturated heterocycles. The highest BCUT2D eigenvalue weighted by molar-refractivity contribution is 5.92. The number of hydrogen-bond donors (Lipinski definition) is 0. The van der Waals surface area contributed by atoms with Crippen LogP contribution in [0.3, 0.4) is 0 Å². The molecule has 132 valence electrons. The monoisotopic (exact) mass is 341 g/mol. The molecule has 0 aliphatic carbocycles. The van der Waals surface area contributed by atoms with Gasteiger partial charge in [-0.15, -0.1) is 0 Å². The number of rotatable bonds is 3. The van der Waals surface area contributed by atoms with Crippen molar-refractivity contribution in [3.63, 3.8) is 0 Å². The van der Waals surface area contributed by atoms with E-state index in [0.29, 0.717) is 12.2 Å². The lowest BCUT2D eigenvalue weighted by Gasteiger charge is -2.47. The fourth-order valence-corrected chi connectivity index (χ4v) is 3.73. The Labute approximate surface area is 147 Å². The summed E-state index contributed by atoms with van der Waals surface area (Å²) in [5.41, 5.74) is 1.75. The summed E-state index contributed by atoms with van der Waals surface area (Å²) in [6, 6.07) is 4.32. The first-order valence-corrected chi connectivity index (χ1v) is 8.72. The van der Waals surface area contributed by atoms with Crippen LogP contribution in [0.4, 0.5) is 0 Å². The number of likely N-dealkylation sites (tertiary alicyclic amines) is 1. The molecule has 0 unspecified atom stereocenters. The largest absolute Gasteiger partial charge is 0.375 e. The van der Waals surface area contributed by atoms with Crippen LogP contribution in [0.25, 0.3) is 0 Å². The van der Waals surface area contributed by atoms with Gasteiger partial charge in [0, 0.05) is 51.8 Å². The molecule has 0 radical (unpaired) electrons. The van der Waals surface area contributed by atoms with Gasteiger partial charge < -0.3 is 14.2 Å². The number of morpholine rings is 1. The minimum absolute atomic E-state index is 0.00786. The first-order valence-electron chi connectivity index (χ1n) is 8.72. The van der Waals surface area contributed by atoms with Crippen molar-refractivity contribution in [1.29, 1.82) is 0 Å². The van der Waals surface area contributed by atoms with E-state index in [1.165, 1.54) is 5.56 Å². The topological polar surface area (TPSA) is 63.5 Å². The number of carbonyl (C=O) groups is 1. The van der Waals surface area contributed by atoms with Crippen molar-refractivity contribution < 1.29 is 9.53 Å². The Bertz CT molecular complexity index is 732. The van der Waals surface area contributed by atoms with Gasteiger partial charge in [0.15, 0.2) is 0 Å². The number of fused-ring (bicyclic) bond motifs is 1. The van der Waals surface area contributed by atoms with Crippen molar-refractivity contribution in [1.82, 2.24) is 24.3 Å². The maximum Gasteiger partial charge on any atom is 0.274 e. The molecule has 7 heteroatoms. The van der Waals surface area contributed by atoms with Crippen molar-refractivity contribution >= 4 is 5.91 Å². The smallest absolute Gasteiger partial charge is 0.274 e. The maximum absolute atomic E-state index is 12.7. The third-order valence-corrected chi connectivity index (χ3v) is 5.05. The van der Waals surface area contributed by atoms with Crippen LogP contribution in [0.5, 0.6) is 0 Å². The summed E-state index contributed by atoms with van der Waals surface area (Å²) < 4.78 is 7.78. The molecule has 0 bridgehead atoms. The van der Waals surface area contributed by atoms with E-state index < -0.39 is 0 Å². The van der Waals surface area contributed by atoms with Crippen molar-refractivity contribution in [2.24, 2.45) is 7.05 Å². The number of ether oxygens (including phenoxy) is 1. The lowest BCUT2D eigenvalue weighted by Crippen LogP contribution is -2.60. The Kier molecular flexibility index (Phi) is 4.50. The standard InChI is InChI=1S/C18H23N5O2/c1-21-11-15(20-13-21)18(24)23-7-4-17-16(12-23)22(8-9-25-17)10-14-2-5-19-6-3-14/h2-3,5-6,11,13,16-17H,4,7-10,12H2,1H3/t16-,17-/m1/s1. The molecule has 2 fully saturated rings. The molecule has 25 heavy (non-hydrogen) atoms. The van der Waals surface area contributed by atoms with Gasteiger partial charge in [-0.2, -0.15) is 0 Å². The van der Waals surface area contributed by atoms with Gasteiger partial charge >= 0.3 is 0 Å². The van der Waals surface area contributed by atoms with Crippen molar-refractivity contribution in [2.45, 2.75) is 25.1 Å². The van der Waals surface area contributed by atoms with Crippen LogP contribution < -0.4 is 0 Å². The molecule has 0 aromatic carbocycles. The molecule has 4 rings (SSSR count). The van der Waals surface area contributed by atoms with Crippen LogP contribution in [0, 0.1) is 0 Å². The van der Waals surface area contributed by atoms with Gasteiger partial charge in [-0.25, -0.2) is 4.98 Å². The average Bonchev–Trinajstić information content (AvgIpc) is 3.08. The van der Waals surface area contributed by atoms with Gasteiger partial charge in [-0.1, -0.05) is 0 Å². The van der Waals surface area contributed by atoms with E-state index in [2.05, 4.69) is 14.9 Å². The Hall–Kier alpha value is -2.25. The number of aryl methyl sites for hydroxylation is 1. The zero-order valence-electron chi connectivity index (χ0n) is 14.4. The van der Waals surface area contributed by atoms with Crippen molar-refractivity contribution in [2.75, 3.05) is 26.2 Å². The second kappa shape index (κ2) is 6.93. The predicted molar refractivity (Wildman–Crippen MR) is 91.9 cm³/mol. The minimum atomic E-state index is 0.00786. The van der Waals surface area contributed by atoms with E-state index in [1.54, 1.807) is 17.1 Å². The molecule has 1 amide bonds. The van der Waals surface area contributed by atoms with E-state index in [9.17, 15) is 4.79 Å². The van der Waals surface area contributed by atoms with E-state index in [0.717, 1.165) is 32.7 Å². The molecule has 2 atom stereocenters. The van der Waals surface area contributed by atoms with Crippen LogP contribution in [-0.4, -0.2) is 68.6 Å². The molecule has 7 nitrogen and oxygen atoms in total. The SMILES string of the molecule is Cn1cnc(C(=O)N2CC[C@H]3OCCN(Cc4ccncc4)[C@@H]3C2)c1. The van der Waals surface area contributed by atoms with Crippen LogP contribution >= 0.6 is 0 Å². The molecular weight excluding hydrogens is 318 g/mol. The zero-order valence-corrected chi connectivity index (χ0v) is 14.4. The highest BCUT2D eigenvalue weighted by Gasteiger charge is 2.38. The number of amides is 1. The van der Waals surface area contributed by atoms with Crippen LogP contribution in [-0.2, 0) is 18.3 Å². The Morgan fingerprint density at radius 2 is 2.16 bits per heavy atom. The quantitative estimate of drug-likeness (QED) is 0.831. The number of carbonyl (C=O) groups excluding carboxylic acids is 1. The molecular formula is C18H23N5O2. The molecule has 2 aromatic rings. The van der Waals surface area contributed by atoms with Crippen LogP contribution in [0.2, 0.25) is 0 Å². The first kappa shape index (κ1) is 16.2. The second-order valence-corrected chi connectivity index (χ2v) is 6.77. The summed E-state index contributed by atoms with van der Waals surface area (Å²) in [4.78, 5) is 25.4. The summed E-state index contributed by atoms with van der Waals surface area (Å²) in [6.45, 7) is 3.90. The van der Waals surface area contributed by atoms with E-state index >= 15 is 0 Å². The van der Waals surface area contributed by atoms with Gasteiger partial charge in [0.05, 0.1) is 25.1 Å². The highest BCUT2D eigenvalue weighted by atomic mass is 16.5. The van der Waals surface area contributed by atoms with Crippen LogP contribution in [0.15, 0.2) is 37.1 Å². The molecule has 2 aliphatic heterocycles. The normalized spacial score (nSPS) is 24.1. The number of aromatic nitrogens is 3. The fraction of sp³-hybridized carbons (Fsp3) is 0.500. The number of piperidine rings is 1. The lowest BCUT2D eigenvalue weighted by molar-refractivity contribution is -0.101. The lowest BCUT2D eigenvalue weighted by atomic mass is 9.98. The van der Waals surface area contributed by atoms with Crippen molar-refractivity contribution in [3.8, 4) is 0 Å². The predicted octanol–water partition coefficient (Wildman–Crippen LogP) is 0.931. The summed E-state index contributed by atoms with van der Waals surface area (Å²) in [5, 5.41) is 0. The molecule has 0 spiro atoms. The van der Waals surface area contributed by atoms with Gasteiger partial charge in [0.2, 0.25) is 0 Å². The molecule has 0 N–H and O–H groups in total. The van der Waals surface area contributed by atoms with Gasteiger partial charge in [-0.3, -0.25) is 14.7 Å². The fourth-order valence-electron chi connectivity index (χ4n) is 3.73. The Morgan fingerprint density at radius 1 is 1.32 bits per heavy atom. The third kappa shape index (κ3) is 3.43. The molecule has 4 heterocycles. The van der Waals surface area contributed by atoms with Gasteiger partial charge in [0.1, 0.15) is 5.69 Å². The number of nitrogens with zero attached hydrogens (tertiary/aromatic N) is 5. The Morgan fingerprint density at radius 3 is 2.92 bits per heavy atom.